The van der Waals surface area contributed by atoms with Gasteiger partial charge in [0.15, 0.2) is 0 Å². The molecule has 0 amide bonds. The molecule has 1 aromatic heterocycles. The summed E-state index contributed by atoms with van der Waals surface area (Å²) in [5.41, 5.74) is 4.28. The van der Waals surface area contributed by atoms with Gasteiger partial charge in [0.1, 0.15) is 10.8 Å². The molecule has 1 aliphatic rings. The summed E-state index contributed by atoms with van der Waals surface area (Å²) in [4.78, 5) is 19.1. The molecular formula is C27H24N2O4S. The molecular weight excluding hydrogens is 448 g/mol. The molecule has 172 valence electrons. The number of para-hydroxylation sites is 1. The van der Waals surface area contributed by atoms with Gasteiger partial charge in [0, 0.05) is 36.0 Å². The van der Waals surface area contributed by atoms with E-state index in [0.29, 0.717) is 27.5 Å². The van der Waals surface area contributed by atoms with Crippen molar-refractivity contribution in [3.8, 4) is 5.75 Å². The van der Waals surface area contributed by atoms with E-state index in [-0.39, 0.29) is 5.56 Å². The van der Waals surface area contributed by atoms with Crippen LogP contribution in [-0.2, 0) is 0 Å². The first-order valence-electron chi connectivity index (χ1n) is 11.2. The van der Waals surface area contributed by atoms with Crippen LogP contribution in [0.4, 0.5) is 5.69 Å². The summed E-state index contributed by atoms with van der Waals surface area (Å²) < 4.78 is 6.99. The lowest BCUT2D eigenvalue weighted by Crippen LogP contribution is -2.26. The molecule has 0 bridgehead atoms. The second-order valence-electron chi connectivity index (χ2n) is 7.95. The molecule has 6 nitrogen and oxygen atoms in total. The number of hydrogen-bond acceptors (Lipinski definition) is 6. The van der Waals surface area contributed by atoms with Gasteiger partial charge in [-0.3, -0.25) is 0 Å². The predicted octanol–water partition coefficient (Wildman–Crippen LogP) is 5.51. The van der Waals surface area contributed by atoms with Crippen LogP contribution in [0.2, 0.25) is 0 Å². The van der Waals surface area contributed by atoms with E-state index in [9.17, 15) is 15.0 Å². The first kappa shape index (κ1) is 22.1. The highest BCUT2D eigenvalue weighted by molar-refractivity contribution is 7.19. The van der Waals surface area contributed by atoms with Gasteiger partial charge in [-0.2, -0.15) is 0 Å². The summed E-state index contributed by atoms with van der Waals surface area (Å²) in [5.74, 6) is -0.522. The van der Waals surface area contributed by atoms with Crippen LogP contribution in [0.5, 0.6) is 5.75 Å². The van der Waals surface area contributed by atoms with Gasteiger partial charge < -0.3 is 19.8 Å². The number of nitrogens with zero attached hydrogens (tertiary/aromatic N) is 2. The molecule has 0 saturated heterocycles. The number of benzene rings is 3. The number of aliphatic hydroxyl groups is 1. The van der Waals surface area contributed by atoms with Crippen LogP contribution in [0.1, 0.15) is 40.3 Å². The Morgan fingerprint density at radius 1 is 1.03 bits per heavy atom. The molecule has 2 heterocycles. The molecule has 1 atom stereocenters. The fourth-order valence-electron chi connectivity index (χ4n) is 4.43. The zero-order chi connectivity index (χ0) is 23.8. The molecule has 0 fully saturated rings. The zero-order valence-electron chi connectivity index (χ0n) is 18.9. The third kappa shape index (κ3) is 3.73. The van der Waals surface area contributed by atoms with Crippen LogP contribution in [0.15, 0.2) is 66.7 Å². The molecule has 1 aliphatic heterocycles. The van der Waals surface area contributed by atoms with Gasteiger partial charge in [0.2, 0.25) is 6.29 Å². The zero-order valence-corrected chi connectivity index (χ0v) is 19.7. The number of aromatic nitrogens is 1. The average molecular weight is 473 g/mol. The molecule has 7 heteroatoms. The van der Waals surface area contributed by atoms with Crippen molar-refractivity contribution < 1.29 is 19.7 Å². The number of hydrogen-bond donors (Lipinski definition) is 2. The standard InChI is InChI=1S/C27H24N2O4S/c1-3-29(4-2)16-13-14-19-21(15-16)33-27(32)24(25-28-20-11-7-8-12-22(20)34-25)23(19)17-9-5-6-10-18(17)26(30)31/h5-15,27,32H,3-4H2,1-2H3,(H,30,31). The SMILES string of the molecule is CCN(CC)c1ccc2c(c1)OC(O)C(c1nc3ccccc3s1)=C2c1ccccc1C(=O)O. The molecule has 5 rings (SSSR count). The number of thiazole rings is 1. The van der Waals surface area contributed by atoms with E-state index in [0.717, 1.165) is 34.6 Å². The van der Waals surface area contributed by atoms with Crippen molar-refractivity contribution in [3.05, 3.63) is 88.4 Å². The fraction of sp³-hybridized carbons (Fsp3) is 0.185. The summed E-state index contributed by atoms with van der Waals surface area (Å²) in [6, 6.07) is 20.5. The van der Waals surface area contributed by atoms with Crippen LogP contribution < -0.4 is 9.64 Å². The molecule has 0 aliphatic carbocycles. The van der Waals surface area contributed by atoms with Crippen molar-refractivity contribution >= 4 is 44.4 Å². The fourth-order valence-corrected chi connectivity index (χ4v) is 5.46. The van der Waals surface area contributed by atoms with E-state index < -0.39 is 12.3 Å². The number of rotatable bonds is 6. The number of carboxylic acids is 1. The minimum atomic E-state index is -1.29. The lowest BCUT2D eigenvalue weighted by Gasteiger charge is -2.30. The molecule has 34 heavy (non-hydrogen) atoms. The van der Waals surface area contributed by atoms with Crippen molar-refractivity contribution in [1.82, 2.24) is 4.98 Å². The quantitative estimate of drug-likeness (QED) is 0.385. The van der Waals surface area contributed by atoms with E-state index in [1.807, 2.05) is 42.5 Å². The normalized spacial score (nSPS) is 15.2. The number of carboxylic acid groups (broad SMARTS) is 1. The number of ether oxygens (including phenoxy) is 1. The maximum absolute atomic E-state index is 12.1. The van der Waals surface area contributed by atoms with Gasteiger partial charge in [-0.25, -0.2) is 9.78 Å². The topological polar surface area (TPSA) is 82.9 Å². The molecule has 2 N–H and O–H groups in total. The van der Waals surface area contributed by atoms with Crippen molar-refractivity contribution in [2.75, 3.05) is 18.0 Å². The van der Waals surface area contributed by atoms with E-state index >= 15 is 0 Å². The van der Waals surface area contributed by atoms with Crippen molar-refractivity contribution in [2.45, 2.75) is 20.1 Å². The Kier molecular flexibility index (Phi) is 5.81. The Morgan fingerprint density at radius 2 is 1.76 bits per heavy atom. The minimum absolute atomic E-state index is 0.156. The van der Waals surface area contributed by atoms with Gasteiger partial charge in [-0.15, -0.1) is 11.3 Å². The second kappa shape index (κ2) is 8.93. The monoisotopic (exact) mass is 472 g/mol. The van der Waals surface area contributed by atoms with Crippen LogP contribution >= 0.6 is 11.3 Å². The lowest BCUT2D eigenvalue weighted by atomic mass is 9.87. The molecule has 0 radical (unpaired) electrons. The Hall–Kier alpha value is -3.68. The third-order valence-electron chi connectivity index (χ3n) is 6.07. The maximum Gasteiger partial charge on any atom is 0.336 e. The summed E-state index contributed by atoms with van der Waals surface area (Å²) in [6.07, 6.45) is -1.29. The minimum Gasteiger partial charge on any atom is -0.478 e. The molecule has 1 unspecified atom stereocenters. The summed E-state index contributed by atoms with van der Waals surface area (Å²) in [7, 11) is 0. The first-order valence-corrected chi connectivity index (χ1v) is 12.0. The van der Waals surface area contributed by atoms with Crippen molar-refractivity contribution in [1.29, 1.82) is 0 Å². The highest BCUT2D eigenvalue weighted by atomic mass is 32.1. The predicted molar refractivity (Wildman–Crippen MR) is 136 cm³/mol. The highest BCUT2D eigenvalue weighted by Gasteiger charge is 2.33. The average Bonchev–Trinajstić information content (AvgIpc) is 3.27. The van der Waals surface area contributed by atoms with E-state index in [4.69, 9.17) is 9.72 Å². The number of anilines is 1. The Labute approximate surface area is 201 Å². The van der Waals surface area contributed by atoms with Crippen molar-refractivity contribution in [2.24, 2.45) is 0 Å². The van der Waals surface area contributed by atoms with Gasteiger partial charge in [0.25, 0.3) is 0 Å². The Bertz CT molecular complexity index is 1390. The first-order chi connectivity index (χ1) is 16.5. The van der Waals surface area contributed by atoms with Crippen LogP contribution in [-0.4, -0.2) is 40.5 Å². The highest BCUT2D eigenvalue weighted by Crippen LogP contribution is 2.46. The van der Waals surface area contributed by atoms with Crippen molar-refractivity contribution in [3.63, 3.8) is 0 Å². The number of carbonyl (C=O) groups is 1. The smallest absolute Gasteiger partial charge is 0.336 e. The van der Waals surface area contributed by atoms with Gasteiger partial charge in [-0.1, -0.05) is 30.3 Å². The number of aliphatic hydroxyl groups excluding tert-OH is 1. The summed E-state index contributed by atoms with van der Waals surface area (Å²) in [5, 5.41) is 21.8. The number of fused-ring (bicyclic) bond motifs is 2. The van der Waals surface area contributed by atoms with Crippen LogP contribution in [0, 0.1) is 0 Å². The summed E-state index contributed by atoms with van der Waals surface area (Å²) >= 11 is 1.45. The van der Waals surface area contributed by atoms with E-state index in [1.54, 1.807) is 24.3 Å². The maximum atomic E-state index is 12.1. The molecule has 0 spiro atoms. The molecule has 3 aromatic carbocycles. The molecule has 0 saturated carbocycles. The van der Waals surface area contributed by atoms with Crippen LogP contribution in [0.25, 0.3) is 21.4 Å². The third-order valence-corrected chi connectivity index (χ3v) is 7.14. The van der Waals surface area contributed by atoms with Gasteiger partial charge >= 0.3 is 5.97 Å². The van der Waals surface area contributed by atoms with E-state index in [2.05, 4.69) is 18.7 Å². The Balaban J connectivity index is 1.81. The molecule has 4 aromatic rings. The summed E-state index contributed by atoms with van der Waals surface area (Å²) in [6.45, 7) is 5.83. The number of aromatic carboxylic acids is 1. The largest absolute Gasteiger partial charge is 0.478 e. The Morgan fingerprint density at radius 3 is 2.50 bits per heavy atom. The van der Waals surface area contributed by atoms with Gasteiger partial charge in [0.05, 0.1) is 21.4 Å². The van der Waals surface area contributed by atoms with Crippen LogP contribution in [0.3, 0.4) is 0 Å². The van der Waals surface area contributed by atoms with Gasteiger partial charge in [-0.05, 0) is 49.7 Å². The lowest BCUT2D eigenvalue weighted by molar-refractivity contribution is 0.0316. The van der Waals surface area contributed by atoms with E-state index in [1.165, 1.54) is 11.3 Å². The second-order valence-corrected chi connectivity index (χ2v) is 8.98.